The SMILES string of the molecule is C=C(OC1=C(c2ccc(Cl)cc2Cl)C(=O)OC12CCCCC2)C(C)(C)CC. The maximum atomic E-state index is 12.9. The first-order valence-corrected chi connectivity index (χ1v) is 10.3. The van der Waals surface area contributed by atoms with Crippen LogP contribution in [0.15, 0.2) is 36.3 Å². The molecule has 1 aliphatic carbocycles. The molecule has 146 valence electrons. The summed E-state index contributed by atoms with van der Waals surface area (Å²) in [4.78, 5) is 12.9. The summed E-state index contributed by atoms with van der Waals surface area (Å²) in [6.07, 6.45) is 5.49. The Hall–Kier alpha value is -1.45. The van der Waals surface area contributed by atoms with Gasteiger partial charge in [-0.15, -0.1) is 0 Å². The molecule has 1 heterocycles. The minimum atomic E-state index is -0.722. The van der Waals surface area contributed by atoms with Gasteiger partial charge in [-0.05, 0) is 44.2 Å². The molecule has 0 radical (unpaired) electrons. The first-order chi connectivity index (χ1) is 12.7. The Morgan fingerprint density at radius 1 is 1.26 bits per heavy atom. The van der Waals surface area contributed by atoms with Gasteiger partial charge in [0.05, 0.1) is 5.02 Å². The van der Waals surface area contributed by atoms with Crippen LogP contribution < -0.4 is 0 Å². The van der Waals surface area contributed by atoms with Gasteiger partial charge in [-0.2, -0.15) is 0 Å². The van der Waals surface area contributed by atoms with Crippen LogP contribution in [0.2, 0.25) is 10.0 Å². The third-order valence-electron chi connectivity index (χ3n) is 5.86. The molecule has 0 N–H and O–H groups in total. The summed E-state index contributed by atoms with van der Waals surface area (Å²) in [6.45, 7) is 10.4. The number of carbonyl (C=O) groups is 1. The number of hydrogen-bond acceptors (Lipinski definition) is 3. The lowest BCUT2D eigenvalue weighted by molar-refractivity contribution is -0.149. The van der Waals surface area contributed by atoms with E-state index in [1.54, 1.807) is 18.2 Å². The summed E-state index contributed by atoms with van der Waals surface area (Å²) in [6, 6.07) is 5.10. The highest BCUT2D eigenvalue weighted by atomic mass is 35.5. The molecular weight excluding hydrogens is 383 g/mol. The molecule has 0 bridgehead atoms. The molecule has 1 saturated carbocycles. The molecule has 1 fully saturated rings. The molecule has 0 atom stereocenters. The van der Waals surface area contributed by atoms with Crippen molar-refractivity contribution in [2.24, 2.45) is 5.41 Å². The van der Waals surface area contributed by atoms with Crippen LogP contribution in [-0.4, -0.2) is 11.6 Å². The standard InChI is InChI=1S/C22H26Cl2O3/c1-5-21(3,4)14(2)26-19-18(16-10-9-15(23)13-17(16)24)20(25)27-22(19)11-7-6-8-12-22/h9-10,13H,2,5-8,11-12H2,1,3-4H3. The van der Waals surface area contributed by atoms with E-state index in [-0.39, 0.29) is 5.41 Å². The van der Waals surface area contributed by atoms with Gasteiger partial charge in [-0.3, -0.25) is 0 Å². The molecular formula is C22H26Cl2O3. The number of allylic oxidation sites excluding steroid dienone is 1. The Morgan fingerprint density at radius 3 is 2.52 bits per heavy atom. The minimum absolute atomic E-state index is 0.219. The van der Waals surface area contributed by atoms with Crippen molar-refractivity contribution in [2.45, 2.75) is 64.9 Å². The van der Waals surface area contributed by atoms with Gasteiger partial charge in [0.1, 0.15) is 11.3 Å². The Balaban J connectivity index is 2.14. The fraction of sp³-hybridized carbons (Fsp3) is 0.500. The summed E-state index contributed by atoms with van der Waals surface area (Å²) in [5.74, 6) is 0.798. The highest BCUT2D eigenvalue weighted by Gasteiger charge is 2.51. The van der Waals surface area contributed by atoms with Crippen LogP contribution in [0.4, 0.5) is 0 Å². The minimum Gasteiger partial charge on any atom is -0.461 e. The van der Waals surface area contributed by atoms with Gasteiger partial charge in [0.25, 0.3) is 0 Å². The van der Waals surface area contributed by atoms with E-state index in [1.165, 1.54) is 0 Å². The van der Waals surface area contributed by atoms with E-state index < -0.39 is 11.6 Å². The van der Waals surface area contributed by atoms with Crippen molar-refractivity contribution in [3.63, 3.8) is 0 Å². The van der Waals surface area contributed by atoms with E-state index >= 15 is 0 Å². The third-order valence-corrected chi connectivity index (χ3v) is 6.41. The molecule has 1 aromatic carbocycles. The van der Waals surface area contributed by atoms with Crippen LogP contribution in [0.1, 0.15) is 64.9 Å². The maximum Gasteiger partial charge on any atom is 0.343 e. The summed E-state index contributed by atoms with van der Waals surface area (Å²) < 4.78 is 12.3. The fourth-order valence-electron chi connectivity index (χ4n) is 3.57. The monoisotopic (exact) mass is 408 g/mol. The highest BCUT2D eigenvalue weighted by molar-refractivity contribution is 6.37. The average molecular weight is 409 g/mol. The zero-order chi connectivity index (χ0) is 19.8. The number of carbonyl (C=O) groups excluding carboxylic acids is 1. The molecule has 5 heteroatoms. The van der Waals surface area contributed by atoms with E-state index in [1.807, 2.05) is 0 Å². The normalized spacial score (nSPS) is 19.4. The highest BCUT2D eigenvalue weighted by Crippen LogP contribution is 2.49. The first kappa shape index (κ1) is 20.3. The van der Waals surface area contributed by atoms with Crippen molar-refractivity contribution < 1.29 is 14.3 Å². The Kier molecular flexibility index (Phi) is 5.65. The summed E-state index contributed by atoms with van der Waals surface area (Å²) in [5.41, 5.74) is 0.0429. The van der Waals surface area contributed by atoms with E-state index in [0.29, 0.717) is 32.7 Å². The first-order valence-electron chi connectivity index (χ1n) is 9.51. The van der Waals surface area contributed by atoms with Crippen LogP contribution in [0.3, 0.4) is 0 Å². The van der Waals surface area contributed by atoms with Crippen LogP contribution in [0, 0.1) is 5.41 Å². The van der Waals surface area contributed by atoms with Crippen molar-refractivity contribution in [3.8, 4) is 0 Å². The second kappa shape index (κ2) is 7.52. The second-order valence-electron chi connectivity index (χ2n) is 8.04. The smallest absolute Gasteiger partial charge is 0.343 e. The topological polar surface area (TPSA) is 35.5 Å². The number of rotatable bonds is 5. The quantitative estimate of drug-likeness (QED) is 0.391. The third kappa shape index (κ3) is 3.77. The van der Waals surface area contributed by atoms with E-state index in [9.17, 15) is 4.79 Å². The Morgan fingerprint density at radius 2 is 1.93 bits per heavy atom. The Labute approximate surface area is 171 Å². The number of hydrogen-bond donors (Lipinski definition) is 0. The molecule has 1 aromatic rings. The molecule has 1 aliphatic heterocycles. The zero-order valence-electron chi connectivity index (χ0n) is 16.2. The predicted molar refractivity (Wildman–Crippen MR) is 110 cm³/mol. The van der Waals surface area contributed by atoms with Crippen LogP contribution in [-0.2, 0) is 14.3 Å². The lowest BCUT2D eigenvalue weighted by Crippen LogP contribution is -2.36. The van der Waals surface area contributed by atoms with Gasteiger partial charge in [0.2, 0.25) is 0 Å². The molecule has 0 amide bonds. The van der Waals surface area contributed by atoms with E-state index in [4.69, 9.17) is 32.7 Å². The van der Waals surface area contributed by atoms with Gasteiger partial charge in [0.15, 0.2) is 11.4 Å². The maximum absolute atomic E-state index is 12.9. The van der Waals surface area contributed by atoms with Crippen molar-refractivity contribution >= 4 is 34.7 Å². The molecule has 0 unspecified atom stereocenters. The molecule has 0 saturated heterocycles. The van der Waals surface area contributed by atoms with Crippen LogP contribution in [0.25, 0.3) is 5.57 Å². The number of halogens is 2. The van der Waals surface area contributed by atoms with Crippen LogP contribution in [0.5, 0.6) is 0 Å². The summed E-state index contributed by atoms with van der Waals surface area (Å²) in [5, 5.41) is 0.922. The number of esters is 1. The van der Waals surface area contributed by atoms with Gasteiger partial charge < -0.3 is 9.47 Å². The summed E-state index contributed by atoms with van der Waals surface area (Å²) >= 11 is 12.5. The van der Waals surface area contributed by atoms with Gasteiger partial charge in [-0.25, -0.2) is 4.79 Å². The number of benzene rings is 1. The fourth-order valence-corrected chi connectivity index (χ4v) is 4.08. The second-order valence-corrected chi connectivity index (χ2v) is 8.88. The average Bonchev–Trinajstić information content (AvgIpc) is 2.87. The molecule has 0 aromatic heterocycles. The lowest BCUT2D eigenvalue weighted by atomic mass is 9.82. The lowest BCUT2D eigenvalue weighted by Gasteiger charge is -2.36. The van der Waals surface area contributed by atoms with Crippen molar-refractivity contribution in [1.82, 2.24) is 0 Å². The predicted octanol–water partition coefficient (Wildman–Crippen LogP) is 6.93. The number of ether oxygens (including phenoxy) is 2. The molecule has 3 rings (SSSR count). The van der Waals surface area contributed by atoms with Crippen molar-refractivity contribution in [2.75, 3.05) is 0 Å². The zero-order valence-corrected chi connectivity index (χ0v) is 17.7. The van der Waals surface area contributed by atoms with Crippen LogP contribution >= 0.6 is 23.2 Å². The van der Waals surface area contributed by atoms with Gasteiger partial charge in [-0.1, -0.05) is 63.0 Å². The van der Waals surface area contributed by atoms with Gasteiger partial charge in [0, 0.05) is 16.0 Å². The molecule has 1 spiro atoms. The molecule has 3 nitrogen and oxygen atoms in total. The Bertz CT molecular complexity index is 802. The molecule has 2 aliphatic rings. The molecule has 27 heavy (non-hydrogen) atoms. The van der Waals surface area contributed by atoms with E-state index in [0.717, 1.165) is 38.5 Å². The van der Waals surface area contributed by atoms with Crippen molar-refractivity contribution in [3.05, 3.63) is 51.9 Å². The van der Waals surface area contributed by atoms with Crippen molar-refractivity contribution in [1.29, 1.82) is 0 Å². The summed E-state index contributed by atoms with van der Waals surface area (Å²) in [7, 11) is 0. The van der Waals surface area contributed by atoms with Gasteiger partial charge >= 0.3 is 5.97 Å². The van der Waals surface area contributed by atoms with E-state index in [2.05, 4.69) is 27.4 Å². The largest absolute Gasteiger partial charge is 0.461 e.